The molecule has 1 saturated heterocycles. The van der Waals surface area contributed by atoms with Gasteiger partial charge < -0.3 is 20.3 Å². The van der Waals surface area contributed by atoms with E-state index in [-0.39, 0.29) is 11.8 Å². The van der Waals surface area contributed by atoms with E-state index in [0.29, 0.717) is 44.1 Å². The number of hydrogen-bond donors (Lipinski definition) is 1. The van der Waals surface area contributed by atoms with Crippen molar-refractivity contribution >= 4 is 11.8 Å². The number of piperazine rings is 1. The Kier molecular flexibility index (Phi) is 5.81. The van der Waals surface area contributed by atoms with Gasteiger partial charge in [0.1, 0.15) is 5.75 Å². The molecule has 0 atom stereocenters. The zero-order chi connectivity index (χ0) is 18.6. The number of amides is 2. The van der Waals surface area contributed by atoms with E-state index in [9.17, 15) is 9.59 Å². The van der Waals surface area contributed by atoms with Crippen LogP contribution in [0.3, 0.4) is 0 Å². The van der Waals surface area contributed by atoms with Crippen molar-refractivity contribution in [3.8, 4) is 5.75 Å². The summed E-state index contributed by atoms with van der Waals surface area (Å²) in [6.07, 6.45) is 4.75. The van der Waals surface area contributed by atoms with Gasteiger partial charge in [0.25, 0.3) is 5.91 Å². The maximum absolute atomic E-state index is 12.9. The molecule has 2 aliphatic rings. The largest absolute Gasteiger partial charge is 0.493 e. The summed E-state index contributed by atoms with van der Waals surface area (Å²) in [4.78, 5) is 29.3. The predicted molar refractivity (Wildman–Crippen MR) is 100 cm³/mol. The Morgan fingerprint density at radius 3 is 2.31 bits per heavy atom. The van der Waals surface area contributed by atoms with Gasteiger partial charge in [-0.1, -0.05) is 31.4 Å². The lowest BCUT2D eigenvalue weighted by molar-refractivity contribution is -0.139. The third-order valence-electron chi connectivity index (χ3n) is 5.44. The van der Waals surface area contributed by atoms with E-state index < -0.39 is 5.54 Å². The molecule has 0 bridgehead atoms. The fraction of sp³-hybridized carbons (Fsp3) is 0.600. The third-order valence-corrected chi connectivity index (χ3v) is 5.44. The lowest BCUT2D eigenvalue weighted by atomic mass is 9.81. The zero-order valence-corrected chi connectivity index (χ0v) is 15.6. The number of carbonyl (C=O) groups excluding carboxylic acids is 2. The normalized spacial score (nSPS) is 19.9. The lowest BCUT2D eigenvalue weighted by Crippen LogP contribution is -2.60. The van der Waals surface area contributed by atoms with E-state index in [1.54, 1.807) is 11.0 Å². The van der Waals surface area contributed by atoms with E-state index in [2.05, 4.69) is 0 Å². The molecule has 2 fully saturated rings. The first-order valence-corrected chi connectivity index (χ1v) is 9.64. The Morgan fingerprint density at radius 2 is 1.65 bits per heavy atom. The van der Waals surface area contributed by atoms with Crippen LogP contribution in [0.2, 0.25) is 0 Å². The van der Waals surface area contributed by atoms with Crippen molar-refractivity contribution in [1.82, 2.24) is 9.80 Å². The van der Waals surface area contributed by atoms with Crippen LogP contribution in [0.1, 0.15) is 49.4 Å². The minimum absolute atomic E-state index is 0.0405. The summed E-state index contributed by atoms with van der Waals surface area (Å²) in [5.41, 5.74) is 6.26. The van der Waals surface area contributed by atoms with Crippen molar-refractivity contribution in [3.05, 3.63) is 29.8 Å². The molecule has 1 aliphatic carbocycles. The van der Waals surface area contributed by atoms with E-state index in [1.807, 2.05) is 30.0 Å². The van der Waals surface area contributed by atoms with Crippen LogP contribution in [0.5, 0.6) is 5.75 Å². The molecule has 6 nitrogen and oxygen atoms in total. The number of benzene rings is 1. The first kappa shape index (κ1) is 18.7. The molecule has 0 radical (unpaired) electrons. The van der Waals surface area contributed by atoms with E-state index in [4.69, 9.17) is 10.5 Å². The smallest absolute Gasteiger partial charge is 0.257 e. The molecule has 2 amide bonds. The van der Waals surface area contributed by atoms with Crippen LogP contribution in [0.15, 0.2) is 24.3 Å². The van der Waals surface area contributed by atoms with Crippen LogP contribution in [0.4, 0.5) is 0 Å². The number of carbonyl (C=O) groups is 2. The quantitative estimate of drug-likeness (QED) is 0.892. The molecule has 0 spiro atoms. The van der Waals surface area contributed by atoms with Gasteiger partial charge >= 0.3 is 0 Å². The van der Waals surface area contributed by atoms with Gasteiger partial charge in [0.15, 0.2) is 0 Å². The average molecular weight is 359 g/mol. The Balaban J connectivity index is 1.61. The van der Waals surface area contributed by atoms with Gasteiger partial charge in [0, 0.05) is 26.2 Å². The molecular formula is C20H29N3O3. The first-order chi connectivity index (χ1) is 12.5. The van der Waals surface area contributed by atoms with Gasteiger partial charge in [0.05, 0.1) is 17.7 Å². The average Bonchev–Trinajstić information content (AvgIpc) is 2.68. The second-order valence-electron chi connectivity index (χ2n) is 7.23. The minimum atomic E-state index is -0.702. The highest BCUT2D eigenvalue weighted by Crippen LogP contribution is 2.28. The number of nitrogens with two attached hydrogens (primary N) is 1. The molecule has 1 saturated carbocycles. The topological polar surface area (TPSA) is 75.9 Å². The highest BCUT2D eigenvalue weighted by Gasteiger charge is 2.39. The fourth-order valence-electron chi connectivity index (χ4n) is 3.92. The summed E-state index contributed by atoms with van der Waals surface area (Å²) >= 11 is 0. The SMILES string of the molecule is CCOc1ccccc1C(=O)N1CCN(C(=O)C2(N)CCCCC2)CC1. The van der Waals surface area contributed by atoms with E-state index in [1.165, 1.54) is 0 Å². The number of rotatable bonds is 4. The van der Waals surface area contributed by atoms with Gasteiger partial charge in [-0.2, -0.15) is 0 Å². The van der Waals surface area contributed by atoms with Crippen molar-refractivity contribution in [2.24, 2.45) is 5.73 Å². The monoisotopic (exact) mass is 359 g/mol. The van der Waals surface area contributed by atoms with Crippen LogP contribution < -0.4 is 10.5 Å². The molecular weight excluding hydrogens is 330 g/mol. The standard InChI is InChI=1S/C20H29N3O3/c1-2-26-17-9-5-4-8-16(17)18(24)22-12-14-23(15-13-22)19(25)20(21)10-6-3-7-11-20/h4-5,8-9H,2-3,6-7,10-15,21H2,1H3. The lowest BCUT2D eigenvalue weighted by Gasteiger charge is -2.41. The molecule has 1 heterocycles. The molecule has 1 aromatic carbocycles. The van der Waals surface area contributed by atoms with Crippen LogP contribution in [0.25, 0.3) is 0 Å². The minimum Gasteiger partial charge on any atom is -0.493 e. The number of hydrogen-bond acceptors (Lipinski definition) is 4. The maximum Gasteiger partial charge on any atom is 0.257 e. The highest BCUT2D eigenvalue weighted by molar-refractivity contribution is 5.97. The Morgan fingerprint density at radius 1 is 1.04 bits per heavy atom. The summed E-state index contributed by atoms with van der Waals surface area (Å²) in [5, 5.41) is 0. The van der Waals surface area contributed by atoms with Gasteiger partial charge in [-0.05, 0) is 31.9 Å². The second kappa shape index (κ2) is 8.08. The van der Waals surface area contributed by atoms with Crippen molar-refractivity contribution in [2.75, 3.05) is 32.8 Å². The highest BCUT2D eigenvalue weighted by atomic mass is 16.5. The third kappa shape index (κ3) is 3.85. The van der Waals surface area contributed by atoms with Crippen LogP contribution in [-0.2, 0) is 4.79 Å². The van der Waals surface area contributed by atoms with Gasteiger partial charge in [-0.15, -0.1) is 0 Å². The molecule has 26 heavy (non-hydrogen) atoms. The Labute approximate surface area is 155 Å². The summed E-state index contributed by atoms with van der Waals surface area (Å²) in [6, 6.07) is 7.32. The summed E-state index contributed by atoms with van der Waals surface area (Å²) in [5.74, 6) is 0.627. The molecule has 0 unspecified atom stereocenters. The Bertz CT molecular complexity index is 647. The summed E-state index contributed by atoms with van der Waals surface area (Å²) in [6.45, 7) is 4.56. The zero-order valence-electron chi connectivity index (χ0n) is 15.6. The Hall–Kier alpha value is -2.08. The van der Waals surface area contributed by atoms with Crippen molar-refractivity contribution in [1.29, 1.82) is 0 Å². The van der Waals surface area contributed by atoms with E-state index >= 15 is 0 Å². The number of nitrogens with zero attached hydrogens (tertiary/aromatic N) is 2. The maximum atomic E-state index is 12.9. The van der Waals surface area contributed by atoms with Crippen molar-refractivity contribution in [2.45, 2.75) is 44.6 Å². The molecule has 0 aromatic heterocycles. The van der Waals surface area contributed by atoms with Gasteiger partial charge in [-0.25, -0.2) is 0 Å². The van der Waals surface area contributed by atoms with Gasteiger partial charge in [0.2, 0.25) is 5.91 Å². The summed E-state index contributed by atoms with van der Waals surface area (Å²) in [7, 11) is 0. The van der Waals surface area contributed by atoms with Crippen molar-refractivity contribution in [3.63, 3.8) is 0 Å². The molecule has 2 N–H and O–H groups in total. The van der Waals surface area contributed by atoms with E-state index in [0.717, 1.165) is 32.1 Å². The van der Waals surface area contributed by atoms with Gasteiger partial charge in [-0.3, -0.25) is 9.59 Å². The fourth-order valence-corrected chi connectivity index (χ4v) is 3.92. The molecule has 1 aromatic rings. The molecule has 1 aliphatic heterocycles. The second-order valence-corrected chi connectivity index (χ2v) is 7.23. The molecule has 142 valence electrons. The predicted octanol–water partition coefficient (Wildman–Crippen LogP) is 2.03. The number of ether oxygens (including phenoxy) is 1. The van der Waals surface area contributed by atoms with Crippen LogP contribution >= 0.6 is 0 Å². The molecule has 6 heteroatoms. The van der Waals surface area contributed by atoms with Crippen molar-refractivity contribution < 1.29 is 14.3 Å². The summed E-state index contributed by atoms with van der Waals surface area (Å²) < 4.78 is 5.57. The van der Waals surface area contributed by atoms with Crippen LogP contribution in [0, 0.1) is 0 Å². The number of para-hydroxylation sites is 1. The molecule has 3 rings (SSSR count). The van der Waals surface area contributed by atoms with Crippen LogP contribution in [-0.4, -0.2) is 59.9 Å². The first-order valence-electron chi connectivity index (χ1n) is 9.64.